The summed E-state index contributed by atoms with van der Waals surface area (Å²) in [5, 5.41) is 2.82. The van der Waals surface area contributed by atoms with Crippen LogP contribution in [0.3, 0.4) is 0 Å². The Hall–Kier alpha value is -1.45. The van der Waals surface area contributed by atoms with Gasteiger partial charge < -0.3 is 5.32 Å². The first kappa shape index (κ1) is 14.0. The quantitative estimate of drug-likeness (QED) is 0.872. The Morgan fingerprint density at radius 1 is 1.16 bits per heavy atom. The lowest BCUT2D eigenvalue weighted by atomic mass is 9.80. The van der Waals surface area contributed by atoms with E-state index in [-0.39, 0.29) is 11.6 Å². The topological polar surface area (TPSA) is 29.1 Å². The molecule has 1 aliphatic carbocycles. The first-order valence-corrected chi connectivity index (χ1v) is 6.72. The molecule has 2 rings (SSSR count). The van der Waals surface area contributed by atoms with Crippen LogP contribution in [0.25, 0.3) is 0 Å². The van der Waals surface area contributed by atoms with Crippen molar-refractivity contribution in [3.05, 3.63) is 35.4 Å². The highest BCUT2D eigenvalue weighted by Crippen LogP contribution is 2.28. The molecule has 2 unspecified atom stereocenters. The van der Waals surface area contributed by atoms with Crippen LogP contribution in [0, 0.1) is 23.5 Å². The fourth-order valence-electron chi connectivity index (χ4n) is 3.01. The van der Waals surface area contributed by atoms with Crippen LogP contribution in [0.5, 0.6) is 0 Å². The summed E-state index contributed by atoms with van der Waals surface area (Å²) in [4.78, 5) is 12.0. The van der Waals surface area contributed by atoms with E-state index in [1.54, 1.807) is 0 Å². The van der Waals surface area contributed by atoms with E-state index >= 15 is 0 Å². The SMILES string of the molecule is CC1CC(C)CC(NC(=O)c2cccc(F)c2F)C1. The van der Waals surface area contributed by atoms with Crippen LogP contribution >= 0.6 is 0 Å². The number of nitrogens with one attached hydrogen (secondary N) is 1. The molecule has 1 amide bonds. The molecule has 2 nitrogen and oxygen atoms in total. The zero-order valence-corrected chi connectivity index (χ0v) is 11.2. The smallest absolute Gasteiger partial charge is 0.254 e. The number of amides is 1. The molecule has 1 saturated carbocycles. The first-order valence-electron chi connectivity index (χ1n) is 6.72. The third kappa shape index (κ3) is 3.31. The van der Waals surface area contributed by atoms with Gasteiger partial charge in [0.1, 0.15) is 0 Å². The Balaban J connectivity index is 2.06. The highest BCUT2D eigenvalue weighted by Gasteiger charge is 2.26. The van der Waals surface area contributed by atoms with Crippen LogP contribution in [-0.2, 0) is 0 Å². The lowest BCUT2D eigenvalue weighted by Crippen LogP contribution is -2.40. The van der Waals surface area contributed by atoms with E-state index in [1.165, 1.54) is 12.1 Å². The molecule has 1 aromatic carbocycles. The van der Waals surface area contributed by atoms with Crippen LogP contribution < -0.4 is 5.32 Å². The second kappa shape index (κ2) is 5.68. The number of hydrogen-bond acceptors (Lipinski definition) is 1. The third-order valence-electron chi connectivity index (χ3n) is 3.71. The fourth-order valence-corrected chi connectivity index (χ4v) is 3.01. The normalized spacial score (nSPS) is 27.1. The second-order valence-electron chi connectivity index (χ2n) is 5.69. The van der Waals surface area contributed by atoms with Gasteiger partial charge in [-0.05, 0) is 43.2 Å². The molecule has 0 bridgehead atoms. The van der Waals surface area contributed by atoms with Crippen LogP contribution in [0.1, 0.15) is 43.5 Å². The summed E-state index contributed by atoms with van der Waals surface area (Å²) in [6.45, 7) is 4.30. The summed E-state index contributed by atoms with van der Waals surface area (Å²) in [6, 6.07) is 3.72. The minimum atomic E-state index is -1.07. The molecular weight excluding hydrogens is 248 g/mol. The van der Waals surface area contributed by atoms with Crippen molar-refractivity contribution < 1.29 is 13.6 Å². The minimum Gasteiger partial charge on any atom is -0.349 e. The molecular formula is C15H19F2NO. The number of carbonyl (C=O) groups is 1. The van der Waals surface area contributed by atoms with Gasteiger partial charge in [-0.1, -0.05) is 19.9 Å². The first-order chi connectivity index (χ1) is 8.97. The van der Waals surface area contributed by atoms with E-state index in [9.17, 15) is 13.6 Å². The lowest BCUT2D eigenvalue weighted by molar-refractivity contribution is 0.0906. The number of hydrogen-bond donors (Lipinski definition) is 1. The monoisotopic (exact) mass is 267 g/mol. The van der Waals surface area contributed by atoms with Gasteiger partial charge in [0.05, 0.1) is 5.56 Å². The maximum Gasteiger partial charge on any atom is 0.254 e. The molecule has 1 N–H and O–H groups in total. The molecule has 0 radical (unpaired) electrons. The summed E-state index contributed by atoms with van der Waals surface area (Å²) in [5.41, 5.74) is -0.217. The molecule has 0 saturated heterocycles. The summed E-state index contributed by atoms with van der Waals surface area (Å²) in [5.74, 6) is -1.49. The van der Waals surface area contributed by atoms with E-state index < -0.39 is 17.5 Å². The Bertz CT molecular complexity index is 465. The zero-order valence-electron chi connectivity index (χ0n) is 11.2. The molecule has 0 heterocycles. The van der Waals surface area contributed by atoms with Gasteiger partial charge in [0.25, 0.3) is 5.91 Å². The lowest BCUT2D eigenvalue weighted by Gasteiger charge is -2.32. The molecule has 104 valence electrons. The van der Waals surface area contributed by atoms with E-state index in [0.717, 1.165) is 25.3 Å². The summed E-state index contributed by atoms with van der Waals surface area (Å²) < 4.78 is 26.6. The predicted molar refractivity (Wildman–Crippen MR) is 69.8 cm³/mol. The Morgan fingerprint density at radius 2 is 1.79 bits per heavy atom. The summed E-state index contributed by atoms with van der Waals surface area (Å²) >= 11 is 0. The number of halogens is 2. The van der Waals surface area contributed by atoms with Crippen molar-refractivity contribution in [3.8, 4) is 0 Å². The van der Waals surface area contributed by atoms with Gasteiger partial charge in [0.2, 0.25) is 0 Å². The minimum absolute atomic E-state index is 0.0499. The maximum atomic E-state index is 13.5. The van der Waals surface area contributed by atoms with Crippen molar-refractivity contribution in [2.75, 3.05) is 0 Å². The van der Waals surface area contributed by atoms with Crippen molar-refractivity contribution in [2.45, 2.75) is 39.2 Å². The van der Waals surface area contributed by atoms with Gasteiger partial charge in [-0.25, -0.2) is 8.78 Å². The molecule has 19 heavy (non-hydrogen) atoms. The van der Waals surface area contributed by atoms with Crippen molar-refractivity contribution in [3.63, 3.8) is 0 Å². The third-order valence-corrected chi connectivity index (χ3v) is 3.71. The maximum absolute atomic E-state index is 13.5. The van der Waals surface area contributed by atoms with Gasteiger partial charge in [-0.3, -0.25) is 4.79 Å². The number of benzene rings is 1. The molecule has 1 aliphatic rings. The molecule has 4 heteroatoms. The van der Waals surface area contributed by atoms with Crippen LogP contribution in [0.2, 0.25) is 0 Å². The molecule has 2 atom stereocenters. The molecule has 0 aromatic heterocycles. The van der Waals surface area contributed by atoms with Gasteiger partial charge in [-0.2, -0.15) is 0 Å². The van der Waals surface area contributed by atoms with Gasteiger partial charge in [0.15, 0.2) is 11.6 Å². The number of carbonyl (C=O) groups excluding carboxylic acids is 1. The van der Waals surface area contributed by atoms with Crippen LogP contribution in [-0.4, -0.2) is 11.9 Å². The molecule has 1 fully saturated rings. The standard InChI is InChI=1S/C15H19F2NO/c1-9-6-10(2)8-11(7-9)18-15(19)12-4-3-5-13(16)14(12)17/h3-5,9-11H,6-8H2,1-2H3,(H,18,19). The fraction of sp³-hybridized carbons (Fsp3) is 0.533. The van der Waals surface area contributed by atoms with E-state index in [0.29, 0.717) is 11.8 Å². The molecule has 0 aliphatic heterocycles. The van der Waals surface area contributed by atoms with Gasteiger partial charge >= 0.3 is 0 Å². The van der Waals surface area contributed by atoms with Crippen molar-refractivity contribution in [1.29, 1.82) is 0 Å². The highest BCUT2D eigenvalue weighted by atomic mass is 19.2. The average molecular weight is 267 g/mol. The Labute approximate surface area is 112 Å². The average Bonchev–Trinajstić information content (AvgIpc) is 2.31. The second-order valence-corrected chi connectivity index (χ2v) is 5.69. The van der Waals surface area contributed by atoms with E-state index in [4.69, 9.17) is 0 Å². The van der Waals surface area contributed by atoms with E-state index in [2.05, 4.69) is 19.2 Å². The number of rotatable bonds is 2. The molecule has 1 aromatic rings. The van der Waals surface area contributed by atoms with Gasteiger partial charge in [-0.15, -0.1) is 0 Å². The predicted octanol–water partition coefficient (Wildman–Crippen LogP) is 3.52. The van der Waals surface area contributed by atoms with Crippen molar-refractivity contribution in [2.24, 2.45) is 11.8 Å². The summed E-state index contributed by atoms with van der Waals surface area (Å²) in [7, 11) is 0. The Kier molecular flexibility index (Phi) is 4.17. The van der Waals surface area contributed by atoms with Crippen LogP contribution in [0.15, 0.2) is 18.2 Å². The highest BCUT2D eigenvalue weighted by molar-refractivity contribution is 5.94. The summed E-state index contributed by atoms with van der Waals surface area (Å²) in [6.07, 6.45) is 2.95. The Morgan fingerprint density at radius 3 is 2.42 bits per heavy atom. The largest absolute Gasteiger partial charge is 0.349 e. The zero-order chi connectivity index (χ0) is 14.0. The van der Waals surface area contributed by atoms with E-state index in [1.807, 2.05) is 0 Å². The van der Waals surface area contributed by atoms with Crippen LogP contribution in [0.4, 0.5) is 8.78 Å². The van der Waals surface area contributed by atoms with Crippen molar-refractivity contribution >= 4 is 5.91 Å². The molecule has 0 spiro atoms. The van der Waals surface area contributed by atoms with Gasteiger partial charge in [0, 0.05) is 6.04 Å². The van der Waals surface area contributed by atoms with Crippen molar-refractivity contribution in [1.82, 2.24) is 5.32 Å².